The Morgan fingerprint density at radius 1 is 1.33 bits per heavy atom. The van der Waals surface area contributed by atoms with E-state index in [1.165, 1.54) is 24.0 Å². The molecule has 3 heteroatoms. The number of ether oxygens (including phenoxy) is 1. The van der Waals surface area contributed by atoms with Crippen LogP contribution in [0.2, 0.25) is 0 Å². The number of aryl methyl sites for hydroxylation is 2. The molecule has 0 heterocycles. The molecule has 98 valence electrons. The van der Waals surface area contributed by atoms with Gasteiger partial charge in [-0.25, -0.2) is 4.79 Å². The lowest BCUT2D eigenvalue weighted by molar-refractivity contribution is -0.154. The van der Waals surface area contributed by atoms with Crippen molar-refractivity contribution in [2.75, 3.05) is 0 Å². The van der Waals surface area contributed by atoms with E-state index in [1.54, 1.807) is 6.92 Å². The maximum absolute atomic E-state index is 11.2. The number of aliphatic carboxylic acids is 1. The molecule has 2 rings (SSSR count). The van der Waals surface area contributed by atoms with E-state index in [0.717, 1.165) is 12.8 Å². The standard InChI is InChI=1S/C15H20O3/c1-3-15(2,14(16)17)18-13-9-8-11-6-4-5-7-12(11)10-13/h8-10H,3-7H2,1-2H3,(H,16,17). The van der Waals surface area contributed by atoms with E-state index in [2.05, 4.69) is 6.07 Å². The van der Waals surface area contributed by atoms with Gasteiger partial charge in [0.05, 0.1) is 0 Å². The van der Waals surface area contributed by atoms with Gasteiger partial charge >= 0.3 is 5.97 Å². The summed E-state index contributed by atoms with van der Waals surface area (Å²) in [6, 6.07) is 5.97. The summed E-state index contributed by atoms with van der Waals surface area (Å²) in [5.74, 6) is -0.245. The number of carboxylic acid groups (broad SMARTS) is 1. The van der Waals surface area contributed by atoms with E-state index in [4.69, 9.17) is 4.74 Å². The van der Waals surface area contributed by atoms with Crippen LogP contribution in [0.3, 0.4) is 0 Å². The molecule has 1 aromatic rings. The van der Waals surface area contributed by atoms with Gasteiger partial charge in [0, 0.05) is 0 Å². The van der Waals surface area contributed by atoms with Crippen molar-refractivity contribution in [3.05, 3.63) is 29.3 Å². The van der Waals surface area contributed by atoms with Crippen molar-refractivity contribution in [2.24, 2.45) is 0 Å². The van der Waals surface area contributed by atoms with Crippen molar-refractivity contribution in [3.8, 4) is 5.75 Å². The third-order valence-corrected chi connectivity index (χ3v) is 3.79. The normalized spacial score (nSPS) is 17.7. The van der Waals surface area contributed by atoms with Gasteiger partial charge in [0.15, 0.2) is 0 Å². The molecule has 0 aromatic heterocycles. The minimum atomic E-state index is -1.14. The number of benzene rings is 1. The van der Waals surface area contributed by atoms with Gasteiger partial charge in [0.2, 0.25) is 5.60 Å². The van der Waals surface area contributed by atoms with Crippen LogP contribution in [0.1, 0.15) is 44.2 Å². The molecular weight excluding hydrogens is 228 g/mol. The lowest BCUT2D eigenvalue weighted by Gasteiger charge is -2.26. The number of carboxylic acids is 1. The predicted molar refractivity (Wildman–Crippen MR) is 70.0 cm³/mol. The van der Waals surface area contributed by atoms with Gasteiger partial charge < -0.3 is 9.84 Å². The Labute approximate surface area is 108 Å². The van der Waals surface area contributed by atoms with E-state index in [0.29, 0.717) is 12.2 Å². The van der Waals surface area contributed by atoms with Gasteiger partial charge in [-0.05, 0) is 62.3 Å². The number of hydrogen-bond acceptors (Lipinski definition) is 2. The van der Waals surface area contributed by atoms with Crippen LogP contribution < -0.4 is 4.74 Å². The van der Waals surface area contributed by atoms with Gasteiger partial charge in [-0.1, -0.05) is 13.0 Å². The van der Waals surface area contributed by atoms with E-state index in [1.807, 2.05) is 19.1 Å². The van der Waals surface area contributed by atoms with Crippen molar-refractivity contribution in [1.29, 1.82) is 0 Å². The smallest absolute Gasteiger partial charge is 0.347 e. The summed E-state index contributed by atoms with van der Waals surface area (Å²) in [6.45, 7) is 3.45. The number of fused-ring (bicyclic) bond motifs is 1. The molecule has 1 aromatic carbocycles. The van der Waals surface area contributed by atoms with Crippen molar-refractivity contribution < 1.29 is 14.6 Å². The van der Waals surface area contributed by atoms with Crippen molar-refractivity contribution in [1.82, 2.24) is 0 Å². The van der Waals surface area contributed by atoms with Gasteiger partial charge in [-0.3, -0.25) is 0 Å². The van der Waals surface area contributed by atoms with Gasteiger partial charge in [0.1, 0.15) is 5.75 Å². The zero-order chi connectivity index (χ0) is 13.2. The Bertz CT molecular complexity index is 453. The molecule has 3 nitrogen and oxygen atoms in total. The van der Waals surface area contributed by atoms with Gasteiger partial charge in [-0.2, -0.15) is 0 Å². The third-order valence-electron chi connectivity index (χ3n) is 3.79. The highest BCUT2D eigenvalue weighted by Crippen LogP contribution is 2.28. The molecular formula is C15H20O3. The minimum Gasteiger partial charge on any atom is -0.478 e. The van der Waals surface area contributed by atoms with Crippen molar-refractivity contribution in [2.45, 2.75) is 51.6 Å². The highest BCUT2D eigenvalue weighted by molar-refractivity contribution is 5.77. The largest absolute Gasteiger partial charge is 0.478 e. The van der Waals surface area contributed by atoms with E-state index >= 15 is 0 Å². The van der Waals surface area contributed by atoms with E-state index < -0.39 is 11.6 Å². The first-order chi connectivity index (χ1) is 8.55. The lowest BCUT2D eigenvalue weighted by Crippen LogP contribution is -2.40. The predicted octanol–water partition coefficient (Wildman–Crippen LogP) is 3.20. The number of hydrogen-bond donors (Lipinski definition) is 1. The van der Waals surface area contributed by atoms with Crippen LogP contribution >= 0.6 is 0 Å². The van der Waals surface area contributed by atoms with Gasteiger partial charge in [-0.15, -0.1) is 0 Å². The second-order valence-electron chi connectivity index (χ2n) is 5.13. The summed E-state index contributed by atoms with van der Waals surface area (Å²) in [6.07, 6.45) is 5.09. The molecule has 0 aliphatic heterocycles. The Balaban J connectivity index is 2.22. The quantitative estimate of drug-likeness (QED) is 0.890. The molecule has 1 atom stereocenters. The molecule has 18 heavy (non-hydrogen) atoms. The zero-order valence-corrected chi connectivity index (χ0v) is 11.0. The Morgan fingerprint density at radius 2 is 2.00 bits per heavy atom. The summed E-state index contributed by atoms with van der Waals surface area (Å²) in [7, 11) is 0. The second-order valence-corrected chi connectivity index (χ2v) is 5.13. The van der Waals surface area contributed by atoms with Crippen LogP contribution in [0.5, 0.6) is 5.75 Å². The molecule has 0 saturated carbocycles. The molecule has 1 N–H and O–H groups in total. The summed E-state index contributed by atoms with van der Waals surface area (Å²) in [4.78, 5) is 11.2. The fourth-order valence-electron chi connectivity index (χ4n) is 2.30. The molecule has 0 bridgehead atoms. The van der Waals surface area contributed by atoms with Crippen LogP contribution in [-0.4, -0.2) is 16.7 Å². The topological polar surface area (TPSA) is 46.5 Å². The van der Waals surface area contributed by atoms with E-state index in [-0.39, 0.29) is 0 Å². The van der Waals surface area contributed by atoms with Crippen molar-refractivity contribution >= 4 is 5.97 Å². The maximum atomic E-state index is 11.2. The number of rotatable bonds is 4. The average Bonchev–Trinajstić information content (AvgIpc) is 2.38. The fraction of sp³-hybridized carbons (Fsp3) is 0.533. The molecule has 0 amide bonds. The fourth-order valence-corrected chi connectivity index (χ4v) is 2.30. The molecule has 0 fully saturated rings. The minimum absolute atomic E-state index is 0.444. The highest BCUT2D eigenvalue weighted by atomic mass is 16.5. The SMILES string of the molecule is CCC(C)(Oc1ccc2c(c1)CCCC2)C(=O)O. The molecule has 1 aliphatic rings. The monoisotopic (exact) mass is 248 g/mol. The Kier molecular flexibility index (Phi) is 3.60. The molecule has 0 saturated heterocycles. The molecule has 0 radical (unpaired) electrons. The van der Waals surface area contributed by atoms with Crippen LogP contribution in [0.4, 0.5) is 0 Å². The summed E-state index contributed by atoms with van der Waals surface area (Å²) < 4.78 is 5.68. The first-order valence-electron chi connectivity index (χ1n) is 6.59. The van der Waals surface area contributed by atoms with Gasteiger partial charge in [0.25, 0.3) is 0 Å². The molecule has 0 spiro atoms. The number of carbonyl (C=O) groups is 1. The van der Waals surface area contributed by atoms with Crippen LogP contribution in [-0.2, 0) is 17.6 Å². The molecule has 1 unspecified atom stereocenters. The summed E-state index contributed by atoms with van der Waals surface area (Å²) in [5.41, 5.74) is 1.55. The summed E-state index contributed by atoms with van der Waals surface area (Å²) >= 11 is 0. The van der Waals surface area contributed by atoms with Crippen LogP contribution in [0, 0.1) is 0 Å². The summed E-state index contributed by atoms with van der Waals surface area (Å²) in [5, 5.41) is 9.21. The first-order valence-corrected chi connectivity index (χ1v) is 6.59. The van der Waals surface area contributed by atoms with Crippen LogP contribution in [0.25, 0.3) is 0 Å². The first kappa shape index (κ1) is 12.9. The lowest BCUT2D eigenvalue weighted by atomic mass is 9.91. The maximum Gasteiger partial charge on any atom is 0.347 e. The third kappa shape index (κ3) is 2.50. The van der Waals surface area contributed by atoms with Crippen LogP contribution in [0.15, 0.2) is 18.2 Å². The Hall–Kier alpha value is -1.51. The second kappa shape index (κ2) is 5.01. The average molecular weight is 248 g/mol. The highest BCUT2D eigenvalue weighted by Gasteiger charge is 2.33. The molecule has 1 aliphatic carbocycles. The zero-order valence-electron chi connectivity index (χ0n) is 11.0. The van der Waals surface area contributed by atoms with Crippen molar-refractivity contribution in [3.63, 3.8) is 0 Å². The Morgan fingerprint density at radius 3 is 2.61 bits per heavy atom. The van der Waals surface area contributed by atoms with E-state index in [9.17, 15) is 9.90 Å².